The molecule has 4 nitrogen and oxygen atoms in total. The fourth-order valence-electron chi connectivity index (χ4n) is 2.46. The standard InChI is InChI=1S/C14H22N2O2S2/c1-10-7-12(15)8-13(11(10)2)20(17,18)16-9-14(19-3)5-4-6-14/h7-8,16H,4-6,9,15H2,1-3H3. The molecule has 1 fully saturated rings. The molecule has 0 spiro atoms. The van der Waals surface area contributed by atoms with Crippen LogP contribution < -0.4 is 10.5 Å². The van der Waals surface area contributed by atoms with E-state index >= 15 is 0 Å². The van der Waals surface area contributed by atoms with Crippen molar-refractivity contribution in [1.29, 1.82) is 0 Å². The van der Waals surface area contributed by atoms with Crippen molar-refractivity contribution in [3.63, 3.8) is 0 Å². The number of benzene rings is 1. The molecular formula is C14H22N2O2S2. The molecule has 0 bridgehead atoms. The lowest BCUT2D eigenvalue weighted by Gasteiger charge is -2.40. The van der Waals surface area contributed by atoms with Crippen LogP contribution in [0.2, 0.25) is 0 Å². The van der Waals surface area contributed by atoms with Gasteiger partial charge in [0, 0.05) is 17.0 Å². The van der Waals surface area contributed by atoms with E-state index in [1.54, 1.807) is 17.8 Å². The number of aryl methyl sites for hydroxylation is 1. The van der Waals surface area contributed by atoms with E-state index in [9.17, 15) is 8.42 Å². The van der Waals surface area contributed by atoms with Gasteiger partial charge in [0.2, 0.25) is 10.0 Å². The Morgan fingerprint density at radius 2 is 2.00 bits per heavy atom. The van der Waals surface area contributed by atoms with E-state index < -0.39 is 10.0 Å². The summed E-state index contributed by atoms with van der Waals surface area (Å²) in [7, 11) is -3.50. The van der Waals surface area contributed by atoms with Crippen LogP contribution >= 0.6 is 11.8 Å². The maximum Gasteiger partial charge on any atom is 0.240 e. The molecule has 1 aliphatic carbocycles. The highest BCUT2D eigenvalue weighted by atomic mass is 32.2. The van der Waals surface area contributed by atoms with Gasteiger partial charge in [-0.2, -0.15) is 11.8 Å². The zero-order valence-corrected chi connectivity index (χ0v) is 13.8. The van der Waals surface area contributed by atoms with E-state index in [-0.39, 0.29) is 4.75 Å². The molecule has 1 aromatic rings. The fraction of sp³-hybridized carbons (Fsp3) is 0.571. The number of nitrogens with two attached hydrogens (primary N) is 1. The number of sulfonamides is 1. The molecule has 1 saturated carbocycles. The average molecular weight is 314 g/mol. The molecule has 6 heteroatoms. The van der Waals surface area contributed by atoms with Crippen molar-refractivity contribution in [2.45, 2.75) is 42.8 Å². The minimum atomic E-state index is -3.50. The Labute approximate surface area is 125 Å². The van der Waals surface area contributed by atoms with Gasteiger partial charge < -0.3 is 5.73 Å². The SMILES string of the molecule is CSC1(CNS(=O)(=O)c2cc(N)cc(C)c2C)CCC1. The van der Waals surface area contributed by atoms with Gasteiger partial charge in [-0.3, -0.25) is 0 Å². The number of nitrogens with one attached hydrogen (secondary N) is 1. The molecule has 0 aromatic heterocycles. The Kier molecular flexibility index (Phi) is 4.37. The van der Waals surface area contributed by atoms with Crippen LogP contribution in [0.15, 0.2) is 17.0 Å². The lowest BCUT2D eigenvalue weighted by molar-refractivity contribution is 0.362. The van der Waals surface area contributed by atoms with E-state index in [1.807, 2.05) is 20.1 Å². The normalized spacial score (nSPS) is 17.8. The van der Waals surface area contributed by atoms with Gasteiger partial charge in [0.1, 0.15) is 0 Å². The molecule has 3 N–H and O–H groups in total. The number of rotatable bonds is 5. The molecule has 20 heavy (non-hydrogen) atoms. The van der Waals surface area contributed by atoms with E-state index in [4.69, 9.17) is 5.73 Å². The number of nitrogen functional groups attached to an aromatic ring is 1. The van der Waals surface area contributed by atoms with Crippen LogP contribution in [-0.4, -0.2) is 26.0 Å². The first kappa shape index (κ1) is 15.7. The van der Waals surface area contributed by atoms with E-state index in [0.717, 1.165) is 24.0 Å². The predicted molar refractivity (Wildman–Crippen MR) is 85.6 cm³/mol. The van der Waals surface area contributed by atoms with Crippen molar-refractivity contribution in [2.75, 3.05) is 18.5 Å². The maximum atomic E-state index is 12.5. The zero-order chi connectivity index (χ0) is 15.0. The van der Waals surface area contributed by atoms with Crippen molar-refractivity contribution >= 4 is 27.5 Å². The third kappa shape index (κ3) is 2.97. The monoisotopic (exact) mass is 314 g/mol. The molecule has 112 valence electrons. The third-order valence-electron chi connectivity index (χ3n) is 4.21. The van der Waals surface area contributed by atoms with Gasteiger partial charge in [-0.1, -0.05) is 6.42 Å². The molecule has 0 saturated heterocycles. The largest absolute Gasteiger partial charge is 0.399 e. The van der Waals surface area contributed by atoms with Gasteiger partial charge >= 0.3 is 0 Å². The second-order valence-electron chi connectivity index (χ2n) is 5.53. The van der Waals surface area contributed by atoms with Gasteiger partial charge in [-0.05, 0) is 56.2 Å². The van der Waals surface area contributed by atoms with Gasteiger partial charge in [0.25, 0.3) is 0 Å². The van der Waals surface area contributed by atoms with Crippen LogP contribution in [0.25, 0.3) is 0 Å². The Bertz CT molecular complexity index is 602. The summed E-state index contributed by atoms with van der Waals surface area (Å²) in [5.74, 6) is 0. The Morgan fingerprint density at radius 3 is 2.50 bits per heavy atom. The first-order valence-electron chi connectivity index (χ1n) is 6.71. The van der Waals surface area contributed by atoms with Gasteiger partial charge in [0.15, 0.2) is 0 Å². The molecule has 0 aliphatic heterocycles. The molecule has 0 atom stereocenters. The summed E-state index contributed by atoms with van der Waals surface area (Å²) in [5.41, 5.74) is 7.92. The molecule has 1 aliphatic rings. The summed E-state index contributed by atoms with van der Waals surface area (Å²) in [6.07, 6.45) is 5.37. The molecule has 1 aromatic carbocycles. The summed E-state index contributed by atoms with van der Waals surface area (Å²) in [6, 6.07) is 3.33. The highest BCUT2D eigenvalue weighted by molar-refractivity contribution is 8.00. The van der Waals surface area contributed by atoms with Crippen LogP contribution in [0.4, 0.5) is 5.69 Å². The maximum absolute atomic E-state index is 12.5. The summed E-state index contributed by atoms with van der Waals surface area (Å²) in [5, 5.41) is 0. The van der Waals surface area contributed by atoms with E-state index in [1.165, 1.54) is 12.5 Å². The highest BCUT2D eigenvalue weighted by Gasteiger charge is 2.37. The third-order valence-corrected chi connectivity index (χ3v) is 7.16. The van der Waals surface area contributed by atoms with Crippen LogP contribution in [0.3, 0.4) is 0 Å². The minimum Gasteiger partial charge on any atom is -0.399 e. The Balaban J connectivity index is 2.23. The van der Waals surface area contributed by atoms with Crippen molar-refractivity contribution in [3.8, 4) is 0 Å². The first-order valence-corrected chi connectivity index (χ1v) is 9.42. The summed E-state index contributed by atoms with van der Waals surface area (Å²) in [6.45, 7) is 4.18. The molecule has 2 rings (SSSR count). The zero-order valence-electron chi connectivity index (χ0n) is 12.2. The van der Waals surface area contributed by atoms with E-state index in [2.05, 4.69) is 4.72 Å². The van der Waals surface area contributed by atoms with Crippen LogP contribution in [0, 0.1) is 13.8 Å². The smallest absolute Gasteiger partial charge is 0.240 e. The molecule has 0 amide bonds. The first-order chi connectivity index (χ1) is 9.30. The summed E-state index contributed by atoms with van der Waals surface area (Å²) in [4.78, 5) is 0.297. The number of anilines is 1. The molecule has 0 radical (unpaired) electrons. The van der Waals surface area contributed by atoms with Crippen LogP contribution in [0.1, 0.15) is 30.4 Å². The summed E-state index contributed by atoms with van der Waals surface area (Å²) >= 11 is 1.75. The predicted octanol–water partition coefficient (Wildman–Crippen LogP) is 2.45. The topological polar surface area (TPSA) is 72.2 Å². The minimum absolute atomic E-state index is 0.0797. The molecule has 0 unspecified atom stereocenters. The molecular weight excluding hydrogens is 292 g/mol. The van der Waals surface area contributed by atoms with Crippen LogP contribution in [-0.2, 0) is 10.0 Å². The summed E-state index contributed by atoms with van der Waals surface area (Å²) < 4.78 is 27.8. The van der Waals surface area contributed by atoms with Crippen LogP contribution in [0.5, 0.6) is 0 Å². The fourth-order valence-corrected chi connectivity index (χ4v) is 4.94. The van der Waals surface area contributed by atoms with Crippen molar-refractivity contribution in [3.05, 3.63) is 23.3 Å². The quantitative estimate of drug-likeness (QED) is 0.819. The lowest BCUT2D eigenvalue weighted by atomic mass is 9.84. The van der Waals surface area contributed by atoms with Crippen molar-refractivity contribution < 1.29 is 8.42 Å². The van der Waals surface area contributed by atoms with E-state index in [0.29, 0.717) is 17.1 Å². The van der Waals surface area contributed by atoms with Crippen molar-refractivity contribution in [2.24, 2.45) is 0 Å². The van der Waals surface area contributed by atoms with Gasteiger partial charge in [-0.25, -0.2) is 13.1 Å². The van der Waals surface area contributed by atoms with Gasteiger partial charge in [0.05, 0.1) is 4.90 Å². The number of thioether (sulfide) groups is 1. The lowest BCUT2D eigenvalue weighted by Crippen LogP contribution is -2.45. The Morgan fingerprint density at radius 1 is 1.35 bits per heavy atom. The highest BCUT2D eigenvalue weighted by Crippen LogP contribution is 2.42. The Hall–Kier alpha value is -0.720. The second kappa shape index (κ2) is 5.58. The van der Waals surface area contributed by atoms with Gasteiger partial charge in [-0.15, -0.1) is 0 Å². The number of hydrogen-bond donors (Lipinski definition) is 2. The number of hydrogen-bond acceptors (Lipinski definition) is 4. The molecule has 0 heterocycles. The van der Waals surface area contributed by atoms with Crippen molar-refractivity contribution in [1.82, 2.24) is 4.72 Å². The second-order valence-corrected chi connectivity index (χ2v) is 8.54. The average Bonchev–Trinajstić information content (AvgIpc) is 2.32.